The summed E-state index contributed by atoms with van der Waals surface area (Å²) < 4.78 is 1.82. The van der Waals surface area contributed by atoms with Gasteiger partial charge >= 0.3 is 0 Å². The van der Waals surface area contributed by atoms with Gasteiger partial charge < -0.3 is 5.32 Å². The van der Waals surface area contributed by atoms with Gasteiger partial charge in [-0.25, -0.2) is 0 Å². The van der Waals surface area contributed by atoms with Crippen LogP contribution in [-0.4, -0.2) is 20.7 Å². The number of rotatable bonds is 4. The number of nitrogens with one attached hydrogen (secondary N) is 1. The summed E-state index contributed by atoms with van der Waals surface area (Å²) >= 11 is 0. The first kappa shape index (κ1) is 14.8. The Morgan fingerprint density at radius 3 is 2.86 bits per heavy atom. The van der Waals surface area contributed by atoms with E-state index < -0.39 is 0 Å². The molecule has 0 spiro atoms. The van der Waals surface area contributed by atoms with Gasteiger partial charge in [0.25, 0.3) is 0 Å². The molecule has 0 aromatic carbocycles. The number of pyridine rings is 1. The van der Waals surface area contributed by atoms with Crippen LogP contribution in [0.25, 0.3) is 11.3 Å². The van der Waals surface area contributed by atoms with E-state index in [1.54, 1.807) is 12.4 Å². The lowest BCUT2D eigenvalue weighted by molar-refractivity contribution is -0.126. The number of aryl methyl sites for hydroxylation is 1. The van der Waals surface area contributed by atoms with Crippen molar-refractivity contribution >= 4 is 5.91 Å². The molecule has 0 unspecified atom stereocenters. The molecule has 0 aliphatic heterocycles. The highest BCUT2D eigenvalue weighted by atomic mass is 16.1. The predicted octanol–water partition coefficient (Wildman–Crippen LogP) is 2.68. The van der Waals surface area contributed by atoms with Gasteiger partial charge in [-0.05, 0) is 30.5 Å². The van der Waals surface area contributed by atoms with Gasteiger partial charge in [-0.2, -0.15) is 5.10 Å². The van der Waals surface area contributed by atoms with E-state index in [0.29, 0.717) is 6.54 Å². The van der Waals surface area contributed by atoms with E-state index in [4.69, 9.17) is 0 Å². The van der Waals surface area contributed by atoms with Crippen LogP contribution in [0.2, 0.25) is 0 Å². The summed E-state index contributed by atoms with van der Waals surface area (Å²) in [7, 11) is 1.91. The average molecular weight is 298 g/mol. The van der Waals surface area contributed by atoms with Crippen LogP contribution in [-0.2, 0) is 18.4 Å². The molecule has 1 fully saturated rings. The van der Waals surface area contributed by atoms with Gasteiger partial charge in [-0.15, -0.1) is 0 Å². The zero-order valence-corrected chi connectivity index (χ0v) is 13.0. The Balaban J connectivity index is 1.63. The summed E-state index contributed by atoms with van der Waals surface area (Å²) in [6.07, 6.45) is 11.1. The molecule has 0 saturated heterocycles. The maximum absolute atomic E-state index is 12.2. The highest BCUT2D eigenvalue weighted by Crippen LogP contribution is 2.24. The average Bonchev–Trinajstić information content (AvgIpc) is 3.00. The second-order valence-corrected chi connectivity index (χ2v) is 5.97. The number of nitrogens with zero attached hydrogens (tertiary/aromatic N) is 3. The fourth-order valence-electron chi connectivity index (χ4n) is 3.08. The van der Waals surface area contributed by atoms with E-state index >= 15 is 0 Å². The third kappa shape index (κ3) is 3.35. The summed E-state index contributed by atoms with van der Waals surface area (Å²) in [6.45, 7) is 0.536. The minimum Gasteiger partial charge on any atom is -0.352 e. The highest BCUT2D eigenvalue weighted by Gasteiger charge is 2.20. The monoisotopic (exact) mass is 298 g/mol. The zero-order chi connectivity index (χ0) is 15.4. The summed E-state index contributed by atoms with van der Waals surface area (Å²) in [5, 5.41) is 7.23. The van der Waals surface area contributed by atoms with Gasteiger partial charge in [0, 0.05) is 43.7 Å². The van der Waals surface area contributed by atoms with Gasteiger partial charge in [0.2, 0.25) is 5.91 Å². The Labute approximate surface area is 130 Å². The quantitative estimate of drug-likeness (QED) is 0.944. The SMILES string of the molecule is Cn1nccc1-c1cncc(CNC(=O)C2CCCCC2)c1. The second kappa shape index (κ2) is 6.73. The van der Waals surface area contributed by atoms with Crippen molar-refractivity contribution in [2.45, 2.75) is 38.6 Å². The fourth-order valence-corrected chi connectivity index (χ4v) is 3.08. The third-order valence-corrected chi connectivity index (χ3v) is 4.35. The molecule has 2 heterocycles. The molecule has 0 atom stereocenters. The van der Waals surface area contributed by atoms with E-state index in [1.165, 1.54) is 19.3 Å². The predicted molar refractivity (Wildman–Crippen MR) is 84.9 cm³/mol. The lowest BCUT2D eigenvalue weighted by Gasteiger charge is -2.20. The van der Waals surface area contributed by atoms with Gasteiger partial charge in [-0.3, -0.25) is 14.5 Å². The van der Waals surface area contributed by atoms with E-state index in [9.17, 15) is 4.79 Å². The van der Waals surface area contributed by atoms with Crippen LogP contribution in [0.3, 0.4) is 0 Å². The van der Waals surface area contributed by atoms with Gasteiger partial charge in [0.1, 0.15) is 0 Å². The first-order valence-corrected chi connectivity index (χ1v) is 7.94. The minimum absolute atomic E-state index is 0.186. The minimum atomic E-state index is 0.186. The second-order valence-electron chi connectivity index (χ2n) is 5.97. The van der Waals surface area contributed by atoms with Crippen LogP contribution in [0.1, 0.15) is 37.7 Å². The molecule has 5 nitrogen and oxygen atoms in total. The van der Waals surface area contributed by atoms with Crippen molar-refractivity contribution in [2.75, 3.05) is 0 Å². The molecule has 1 aliphatic rings. The molecule has 116 valence electrons. The number of aromatic nitrogens is 3. The largest absolute Gasteiger partial charge is 0.352 e. The smallest absolute Gasteiger partial charge is 0.223 e. The molecule has 0 radical (unpaired) electrons. The maximum atomic E-state index is 12.2. The van der Waals surface area contributed by atoms with Crippen molar-refractivity contribution in [3.8, 4) is 11.3 Å². The molecule has 2 aromatic rings. The van der Waals surface area contributed by atoms with Crippen LogP contribution < -0.4 is 5.32 Å². The van der Waals surface area contributed by atoms with E-state index in [2.05, 4.69) is 21.5 Å². The Hall–Kier alpha value is -2.17. The maximum Gasteiger partial charge on any atom is 0.223 e. The van der Waals surface area contributed by atoms with Crippen molar-refractivity contribution in [1.29, 1.82) is 0 Å². The standard InChI is InChI=1S/C17H22N4O/c1-21-16(7-8-20-21)15-9-13(10-18-12-15)11-19-17(22)14-5-3-2-4-6-14/h7-10,12,14H,2-6,11H2,1H3,(H,19,22). The molecule has 22 heavy (non-hydrogen) atoms. The van der Waals surface area contributed by atoms with Crippen LogP contribution in [0, 0.1) is 5.92 Å². The van der Waals surface area contributed by atoms with Crippen molar-refractivity contribution in [1.82, 2.24) is 20.1 Å². The molecule has 3 rings (SSSR count). The topological polar surface area (TPSA) is 59.8 Å². The Morgan fingerprint density at radius 1 is 1.32 bits per heavy atom. The van der Waals surface area contributed by atoms with Crippen molar-refractivity contribution in [3.63, 3.8) is 0 Å². The Bertz CT molecular complexity index is 644. The fraction of sp³-hybridized carbons (Fsp3) is 0.471. The number of hydrogen-bond acceptors (Lipinski definition) is 3. The van der Waals surface area contributed by atoms with Crippen molar-refractivity contribution in [2.24, 2.45) is 13.0 Å². The van der Waals surface area contributed by atoms with E-state index in [1.807, 2.05) is 24.0 Å². The van der Waals surface area contributed by atoms with Crippen LogP contribution in [0.15, 0.2) is 30.7 Å². The number of amides is 1. The van der Waals surface area contributed by atoms with Crippen molar-refractivity contribution in [3.05, 3.63) is 36.3 Å². The lowest BCUT2D eigenvalue weighted by Crippen LogP contribution is -2.31. The molecule has 2 aromatic heterocycles. The third-order valence-electron chi connectivity index (χ3n) is 4.35. The molecule has 1 saturated carbocycles. The molecule has 1 aliphatic carbocycles. The van der Waals surface area contributed by atoms with Crippen LogP contribution in [0.5, 0.6) is 0 Å². The summed E-state index contributed by atoms with van der Waals surface area (Å²) in [5.41, 5.74) is 3.06. The Morgan fingerprint density at radius 2 is 2.14 bits per heavy atom. The normalized spacial score (nSPS) is 15.7. The molecule has 1 N–H and O–H groups in total. The van der Waals surface area contributed by atoms with Gasteiger partial charge in [0.05, 0.1) is 5.69 Å². The number of hydrogen-bond donors (Lipinski definition) is 1. The first-order valence-electron chi connectivity index (χ1n) is 7.94. The van der Waals surface area contributed by atoms with Crippen LogP contribution >= 0.6 is 0 Å². The molecule has 1 amide bonds. The van der Waals surface area contributed by atoms with E-state index in [0.717, 1.165) is 29.7 Å². The first-order chi connectivity index (χ1) is 10.7. The van der Waals surface area contributed by atoms with Crippen LogP contribution in [0.4, 0.5) is 0 Å². The molecule has 5 heteroatoms. The zero-order valence-electron chi connectivity index (χ0n) is 13.0. The van der Waals surface area contributed by atoms with Gasteiger partial charge in [-0.1, -0.05) is 19.3 Å². The number of carbonyl (C=O) groups excluding carboxylic acids is 1. The molecule has 0 bridgehead atoms. The highest BCUT2D eigenvalue weighted by molar-refractivity contribution is 5.78. The van der Waals surface area contributed by atoms with Gasteiger partial charge in [0.15, 0.2) is 0 Å². The molecular weight excluding hydrogens is 276 g/mol. The van der Waals surface area contributed by atoms with Crippen molar-refractivity contribution < 1.29 is 4.79 Å². The summed E-state index contributed by atoms with van der Waals surface area (Å²) in [6, 6.07) is 4.02. The Kier molecular flexibility index (Phi) is 4.51. The van der Waals surface area contributed by atoms with E-state index in [-0.39, 0.29) is 11.8 Å². The number of carbonyl (C=O) groups is 1. The summed E-state index contributed by atoms with van der Waals surface area (Å²) in [4.78, 5) is 16.5. The lowest BCUT2D eigenvalue weighted by atomic mass is 9.88. The summed E-state index contributed by atoms with van der Waals surface area (Å²) in [5.74, 6) is 0.382. The molecular formula is C17H22N4O.